The SMILES string of the molecule is CN(C)c1cncc(-c2ccc3[nH]nc(-c4cc5c(-c6cc(F)cc(CCS(N)(=O)=O)c6)nccc5[nH]4)c3n2)c1. The summed E-state index contributed by atoms with van der Waals surface area (Å²) in [5.41, 5.74) is 7.79. The molecule has 0 saturated carbocycles. The highest BCUT2D eigenvalue weighted by Gasteiger charge is 2.17. The average molecular weight is 557 g/mol. The molecule has 10 nitrogen and oxygen atoms in total. The minimum absolute atomic E-state index is 0.0954. The van der Waals surface area contributed by atoms with Gasteiger partial charge >= 0.3 is 0 Å². The number of aryl methyl sites for hydroxylation is 1. The van der Waals surface area contributed by atoms with Gasteiger partial charge in [0, 0.05) is 48.5 Å². The van der Waals surface area contributed by atoms with Crippen molar-refractivity contribution in [3.63, 3.8) is 0 Å². The highest BCUT2D eigenvalue weighted by Crippen LogP contribution is 2.34. The number of nitrogens with one attached hydrogen (secondary N) is 2. The third-order valence-corrected chi connectivity index (χ3v) is 7.43. The Balaban J connectivity index is 1.42. The minimum atomic E-state index is -3.68. The second-order valence-corrected chi connectivity index (χ2v) is 11.5. The van der Waals surface area contributed by atoms with E-state index in [4.69, 9.17) is 10.1 Å². The van der Waals surface area contributed by atoms with Gasteiger partial charge in [-0.15, -0.1) is 0 Å². The number of nitrogens with two attached hydrogens (primary N) is 1. The topological polar surface area (TPSA) is 147 Å². The van der Waals surface area contributed by atoms with Gasteiger partial charge in [-0.1, -0.05) is 0 Å². The van der Waals surface area contributed by atoms with Gasteiger partial charge in [-0.05, 0) is 60.5 Å². The zero-order valence-electron chi connectivity index (χ0n) is 21.7. The van der Waals surface area contributed by atoms with E-state index in [1.807, 2.05) is 49.3 Å². The number of aromatic nitrogens is 6. The van der Waals surface area contributed by atoms with Crippen LogP contribution in [0.4, 0.5) is 10.1 Å². The van der Waals surface area contributed by atoms with E-state index in [0.29, 0.717) is 33.7 Å². The third-order valence-electron chi connectivity index (χ3n) is 6.65. The summed E-state index contributed by atoms with van der Waals surface area (Å²) in [5.74, 6) is -0.766. The van der Waals surface area contributed by atoms with Gasteiger partial charge in [-0.25, -0.2) is 22.9 Å². The van der Waals surface area contributed by atoms with Crippen molar-refractivity contribution in [1.29, 1.82) is 0 Å². The number of halogens is 1. The molecule has 12 heteroatoms. The molecule has 5 heterocycles. The minimum Gasteiger partial charge on any atom is -0.376 e. The summed E-state index contributed by atoms with van der Waals surface area (Å²) in [5, 5.41) is 13.5. The van der Waals surface area contributed by atoms with Crippen molar-refractivity contribution in [2.75, 3.05) is 24.7 Å². The van der Waals surface area contributed by atoms with E-state index in [1.165, 1.54) is 12.1 Å². The molecular weight excluding hydrogens is 531 g/mol. The van der Waals surface area contributed by atoms with Gasteiger partial charge in [0.1, 0.15) is 17.0 Å². The predicted octanol–water partition coefficient (Wildman–Crippen LogP) is 4.27. The lowest BCUT2D eigenvalue weighted by atomic mass is 10.0. The molecule has 0 aliphatic carbocycles. The molecular formula is C28H25FN8O2S. The summed E-state index contributed by atoms with van der Waals surface area (Å²) in [7, 11) is 0.238. The normalized spacial score (nSPS) is 11.9. The van der Waals surface area contributed by atoms with Crippen molar-refractivity contribution < 1.29 is 12.8 Å². The molecule has 0 atom stereocenters. The van der Waals surface area contributed by atoms with E-state index >= 15 is 0 Å². The number of pyridine rings is 3. The van der Waals surface area contributed by atoms with Crippen molar-refractivity contribution in [3.05, 3.63) is 78.5 Å². The predicted molar refractivity (Wildman–Crippen MR) is 154 cm³/mol. The Kier molecular flexibility index (Phi) is 6.28. The van der Waals surface area contributed by atoms with E-state index in [0.717, 1.165) is 33.4 Å². The highest BCUT2D eigenvalue weighted by molar-refractivity contribution is 7.89. The standard InChI is InChI=1S/C28H25FN8O2S/c1-37(2)20-12-18(14-31-15-20)22-3-4-24-27(34-22)28(36-35-24)25-13-21-23(33-25)5-7-32-26(21)17-9-16(10-19(29)11-17)6-8-40(30,38)39/h3-5,7,9-15,33H,6,8H2,1-2H3,(H,35,36)(H2,30,38,39). The molecule has 0 saturated heterocycles. The Labute approximate surface area is 229 Å². The monoisotopic (exact) mass is 556 g/mol. The lowest BCUT2D eigenvalue weighted by Gasteiger charge is -2.12. The van der Waals surface area contributed by atoms with Gasteiger partial charge in [0.2, 0.25) is 10.0 Å². The van der Waals surface area contributed by atoms with Gasteiger partial charge in [-0.3, -0.25) is 15.1 Å². The van der Waals surface area contributed by atoms with Gasteiger partial charge in [0.05, 0.1) is 40.2 Å². The van der Waals surface area contributed by atoms with Crippen molar-refractivity contribution in [2.45, 2.75) is 6.42 Å². The molecule has 0 aliphatic rings. The lowest BCUT2D eigenvalue weighted by molar-refractivity contribution is 0.596. The van der Waals surface area contributed by atoms with Gasteiger partial charge < -0.3 is 9.88 Å². The van der Waals surface area contributed by atoms with E-state index in [9.17, 15) is 12.8 Å². The van der Waals surface area contributed by atoms with Crippen LogP contribution in [0.1, 0.15) is 5.56 Å². The number of anilines is 1. The quantitative estimate of drug-likeness (QED) is 0.266. The van der Waals surface area contributed by atoms with Crippen LogP contribution in [-0.4, -0.2) is 58.4 Å². The number of nitrogens with zero attached hydrogens (tertiary/aromatic N) is 5. The molecule has 5 aromatic heterocycles. The Morgan fingerprint density at radius 2 is 1.82 bits per heavy atom. The number of H-pyrrole nitrogens is 2. The molecule has 0 aliphatic heterocycles. The molecule has 6 aromatic rings. The molecule has 40 heavy (non-hydrogen) atoms. The molecule has 0 amide bonds. The molecule has 202 valence electrons. The fourth-order valence-electron chi connectivity index (χ4n) is 4.66. The van der Waals surface area contributed by atoms with Gasteiger partial charge in [-0.2, -0.15) is 5.10 Å². The van der Waals surface area contributed by atoms with Gasteiger partial charge in [0.15, 0.2) is 0 Å². The van der Waals surface area contributed by atoms with Crippen LogP contribution in [-0.2, 0) is 16.4 Å². The lowest BCUT2D eigenvalue weighted by Crippen LogP contribution is -2.18. The summed E-state index contributed by atoms with van der Waals surface area (Å²) < 4.78 is 37.4. The van der Waals surface area contributed by atoms with E-state index in [-0.39, 0.29) is 12.2 Å². The second kappa shape index (κ2) is 9.81. The van der Waals surface area contributed by atoms with Crippen LogP contribution in [0.15, 0.2) is 67.1 Å². The smallest absolute Gasteiger partial charge is 0.209 e. The number of aromatic amines is 2. The Morgan fingerprint density at radius 3 is 2.62 bits per heavy atom. The van der Waals surface area contributed by atoms with Crippen LogP contribution in [0.5, 0.6) is 0 Å². The zero-order valence-corrected chi connectivity index (χ0v) is 22.5. The molecule has 6 rings (SSSR count). The maximum absolute atomic E-state index is 14.5. The van der Waals surface area contributed by atoms with Crippen molar-refractivity contribution >= 4 is 37.6 Å². The van der Waals surface area contributed by atoms with Crippen LogP contribution in [0.2, 0.25) is 0 Å². The van der Waals surface area contributed by atoms with E-state index < -0.39 is 15.8 Å². The number of hydrogen-bond acceptors (Lipinski definition) is 7. The molecule has 0 radical (unpaired) electrons. The van der Waals surface area contributed by atoms with Crippen LogP contribution in [0.25, 0.3) is 55.8 Å². The molecule has 0 unspecified atom stereocenters. The summed E-state index contributed by atoms with van der Waals surface area (Å²) in [6, 6.07) is 14.0. The number of benzene rings is 1. The first-order valence-corrected chi connectivity index (χ1v) is 14.1. The van der Waals surface area contributed by atoms with E-state index in [2.05, 4.69) is 25.1 Å². The Morgan fingerprint density at radius 1 is 0.975 bits per heavy atom. The van der Waals surface area contributed by atoms with Crippen LogP contribution < -0.4 is 10.0 Å². The van der Waals surface area contributed by atoms with Crippen molar-refractivity contribution in [2.24, 2.45) is 5.14 Å². The molecule has 1 aromatic carbocycles. The van der Waals surface area contributed by atoms with Gasteiger partial charge in [0.25, 0.3) is 0 Å². The number of hydrogen-bond donors (Lipinski definition) is 3. The maximum Gasteiger partial charge on any atom is 0.209 e. The summed E-state index contributed by atoms with van der Waals surface area (Å²) in [6.45, 7) is 0. The van der Waals surface area contributed by atoms with Crippen LogP contribution in [0.3, 0.4) is 0 Å². The molecule has 0 fully saturated rings. The van der Waals surface area contributed by atoms with Crippen LogP contribution in [0, 0.1) is 5.82 Å². The summed E-state index contributed by atoms with van der Waals surface area (Å²) in [6.07, 6.45) is 5.30. The number of fused-ring (bicyclic) bond motifs is 2. The third kappa shape index (κ3) is 5.01. The first kappa shape index (κ1) is 25.6. The molecule has 0 bridgehead atoms. The number of primary sulfonamides is 1. The first-order valence-electron chi connectivity index (χ1n) is 12.4. The fraction of sp³-hybridized carbons (Fsp3) is 0.143. The summed E-state index contributed by atoms with van der Waals surface area (Å²) in [4.78, 5) is 19.1. The second-order valence-electron chi connectivity index (χ2n) is 9.76. The highest BCUT2D eigenvalue weighted by atomic mass is 32.2. The molecule has 4 N–H and O–H groups in total. The fourth-order valence-corrected chi connectivity index (χ4v) is 5.18. The molecule has 0 spiro atoms. The Hall–Kier alpha value is -4.68. The zero-order chi connectivity index (χ0) is 28.0. The largest absolute Gasteiger partial charge is 0.376 e. The summed E-state index contributed by atoms with van der Waals surface area (Å²) >= 11 is 0. The first-order chi connectivity index (χ1) is 19.1. The maximum atomic E-state index is 14.5. The van der Waals surface area contributed by atoms with Crippen LogP contribution >= 0.6 is 0 Å². The van der Waals surface area contributed by atoms with E-state index in [1.54, 1.807) is 24.7 Å². The number of sulfonamides is 1. The average Bonchev–Trinajstić information content (AvgIpc) is 3.55. The number of rotatable bonds is 7. The Bertz CT molecular complexity index is 2000. The van der Waals surface area contributed by atoms with Crippen molar-refractivity contribution in [3.8, 4) is 33.9 Å². The van der Waals surface area contributed by atoms with Crippen molar-refractivity contribution in [1.82, 2.24) is 30.1 Å².